The lowest BCUT2D eigenvalue weighted by Crippen LogP contribution is -2.04. The standard InChI is InChI=1S/C15H21O6P/c1-4-19-22(17,20-5-2)21-13(3)11-15(16)18-12-14-9-7-6-8-10-14/h6-11H,4-5,12H2,1-3H3/b13-11+. The monoisotopic (exact) mass is 328 g/mol. The van der Waals surface area contributed by atoms with Gasteiger partial charge < -0.3 is 9.26 Å². The molecule has 0 aliphatic carbocycles. The highest BCUT2D eigenvalue weighted by molar-refractivity contribution is 7.48. The fourth-order valence-corrected chi connectivity index (χ4v) is 2.76. The summed E-state index contributed by atoms with van der Waals surface area (Å²) in [4.78, 5) is 11.7. The third kappa shape index (κ3) is 6.89. The topological polar surface area (TPSA) is 71.1 Å². The van der Waals surface area contributed by atoms with Crippen LogP contribution in [0.25, 0.3) is 0 Å². The molecule has 0 aromatic heterocycles. The summed E-state index contributed by atoms with van der Waals surface area (Å²) in [7, 11) is -3.68. The number of rotatable bonds is 9. The van der Waals surface area contributed by atoms with Gasteiger partial charge in [0.25, 0.3) is 0 Å². The fourth-order valence-electron chi connectivity index (χ4n) is 1.55. The van der Waals surface area contributed by atoms with Crippen LogP contribution in [0.1, 0.15) is 26.3 Å². The number of phosphoric ester groups is 1. The zero-order valence-corrected chi connectivity index (χ0v) is 13.9. The third-order valence-electron chi connectivity index (χ3n) is 2.38. The van der Waals surface area contributed by atoms with Gasteiger partial charge in [0, 0.05) is 0 Å². The third-order valence-corrected chi connectivity index (χ3v) is 4.04. The van der Waals surface area contributed by atoms with Crippen molar-refractivity contribution in [2.24, 2.45) is 0 Å². The summed E-state index contributed by atoms with van der Waals surface area (Å²) in [5.41, 5.74) is 0.872. The number of carbonyl (C=O) groups is 1. The second-order valence-corrected chi connectivity index (χ2v) is 5.82. The van der Waals surface area contributed by atoms with E-state index in [9.17, 15) is 9.36 Å². The smallest absolute Gasteiger partial charge is 0.458 e. The van der Waals surface area contributed by atoms with Crippen LogP contribution in [0.4, 0.5) is 0 Å². The average Bonchev–Trinajstić information content (AvgIpc) is 2.46. The van der Waals surface area contributed by atoms with Crippen molar-refractivity contribution in [3.05, 3.63) is 47.7 Å². The van der Waals surface area contributed by atoms with E-state index in [0.717, 1.165) is 11.6 Å². The molecular weight excluding hydrogens is 307 g/mol. The van der Waals surface area contributed by atoms with Crippen LogP contribution < -0.4 is 0 Å². The molecule has 1 rings (SSSR count). The first-order valence-corrected chi connectivity index (χ1v) is 8.43. The average molecular weight is 328 g/mol. The van der Waals surface area contributed by atoms with Crippen LogP contribution in [0.15, 0.2) is 42.2 Å². The van der Waals surface area contributed by atoms with E-state index in [4.69, 9.17) is 18.3 Å². The van der Waals surface area contributed by atoms with Crippen molar-refractivity contribution in [1.29, 1.82) is 0 Å². The summed E-state index contributed by atoms with van der Waals surface area (Å²) in [5, 5.41) is 0. The highest BCUT2D eigenvalue weighted by atomic mass is 31.2. The maximum Gasteiger partial charge on any atom is 0.529 e. The Kier molecular flexibility index (Phi) is 7.88. The van der Waals surface area contributed by atoms with E-state index in [1.165, 1.54) is 6.92 Å². The first kappa shape index (κ1) is 18.4. The van der Waals surface area contributed by atoms with Gasteiger partial charge in [-0.25, -0.2) is 9.36 Å². The molecule has 7 heteroatoms. The molecule has 0 spiro atoms. The van der Waals surface area contributed by atoms with Crippen molar-refractivity contribution in [3.8, 4) is 0 Å². The molecule has 0 bridgehead atoms. The van der Waals surface area contributed by atoms with Gasteiger partial charge in [-0.3, -0.25) is 9.05 Å². The molecule has 0 radical (unpaired) electrons. The lowest BCUT2D eigenvalue weighted by Gasteiger charge is -2.17. The second kappa shape index (κ2) is 9.41. The summed E-state index contributed by atoms with van der Waals surface area (Å²) in [6.07, 6.45) is 1.10. The molecule has 1 aromatic rings. The lowest BCUT2D eigenvalue weighted by molar-refractivity contribution is -0.139. The first-order chi connectivity index (χ1) is 10.5. The van der Waals surface area contributed by atoms with E-state index < -0.39 is 13.8 Å². The largest absolute Gasteiger partial charge is 0.529 e. The molecule has 0 fully saturated rings. The zero-order valence-electron chi connectivity index (χ0n) is 13.0. The Morgan fingerprint density at radius 3 is 2.27 bits per heavy atom. The Morgan fingerprint density at radius 2 is 1.73 bits per heavy atom. The minimum Gasteiger partial charge on any atom is -0.458 e. The van der Waals surface area contributed by atoms with Crippen molar-refractivity contribution in [2.75, 3.05) is 13.2 Å². The quantitative estimate of drug-likeness (QED) is 0.297. The van der Waals surface area contributed by atoms with Gasteiger partial charge in [0.2, 0.25) is 0 Å². The number of carbonyl (C=O) groups excluding carboxylic acids is 1. The van der Waals surface area contributed by atoms with Gasteiger partial charge in [0.05, 0.1) is 19.3 Å². The lowest BCUT2D eigenvalue weighted by atomic mass is 10.2. The van der Waals surface area contributed by atoms with Gasteiger partial charge in [0.15, 0.2) is 0 Å². The van der Waals surface area contributed by atoms with E-state index in [-0.39, 0.29) is 25.6 Å². The van der Waals surface area contributed by atoms with Crippen molar-refractivity contribution in [2.45, 2.75) is 27.4 Å². The maximum atomic E-state index is 12.1. The Bertz CT molecular complexity index is 530. The van der Waals surface area contributed by atoms with Crippen LogP contribution in [-0.4, -0.2) is 19.2 Å². The molecule has 0 aliphatic rings. The number of ether oxygens (including phenoxy) is 1. The van der Waals surface area contributed by atoms with Gasteiger partial charge in [-0.1, -0.05) is 30.3 Å². The van der Waals surface area contributed by atoms with Gasteiger partial charge in [-0.05, 0) is 26.3 Å². The van der Waals surface area contributed by atoms with Crippen LogP contribution in [0.3, 0.4) is 0 Å². The van der Waals surface area contributed by atoms with E-state index in [1.807, 2.05) is 30.3 Å². The molecule has 0 heterocycles. The number of allylic oxidation sites excluding steroid dienone is 1. The van der Waals surface area contributed by atoms with Crippen molar-refractivity contribution >= 4 is 13.8 Å². The van der Waals surface area contributed by atoms with Crippen molar-refractivity contribution < 1.29 is 27.7 Å². The second-order valence-electron chi connectivity index (χ2n) is 4.22. The predicted molar refractivity (Wildman–Crippen MR) is 81.9 cm³/mol. The summed E-state index contributed by atoms with van der Waals surface area (Å²) in [6, 6.07) is 9.28. The molecule has 0 saturated heterocycles. The summed E-state index contributed by atoms with van der Waals surface area (Å²) in [5.74, 6) is -0.496. The van der Waals surface area contributed by atoms with Crippen LogP contribution in [0.5, 0.6) is 0 Å². The van der Waals surface area contributed by atoms with Crippen molar-refractivity contribution in [3.63, 3.8) is 0 Å². The summed E-state index contributed by atoms with van der Waals surface area (Å²) >= 11 is 0. The van der Waals surface area contributed by atoms with Gasteiger partial charge in [0.1, 0.15) is 12.4 Å². The number of phosphoric acid groups is 1. The summed E-state index contributed by atoms with van der Waals surface area (Å²) in [6.45, 7) is 5.31. The Labute approximate surface area is 130 Å². The van der Waals surface area contributed by atoms with E-state index >= 15 is 0 Å². The molecule has 1 aromatic carbocycles. The molecule has 0 amide bonds. The minimum absolute atomic E-state index is 0.100. The van der Waals surface area contributed by atoms with Gasteiger partial charge >= 0.3 is 13.8 Å². The zero-order chi connectivity index (χ0) is 16.4. The molecule has 0 aliphatic heterocycles. The Balaban J connectivity index is 2.55. The van der Waals surface area contributed by atoms with Crippen LogP contribution in [0.2, 0.25) is 0 Å². The first-order valence-electron chi connectivity index (χ1n) is 6.96. The number of hydrogen-bond acceptors (Lipinski definition) is 6. The van der Waals surface area contributed by atoms with E-state index in [0.29, 0.717) is 0 Å². The fraction of sp³-hybridized carbons (Fsp3) is 0.400. The molecule has 0 unspecified atom stereocenters. The van der Waals surface area contributed by atoms with E-state index in [1.54, 1.807) is 13.8 Å². The number of benzene rings is 1. The maximum absolute atomic E-state index is 12.1. The molecule has 0 saturated carbocycles. The normalized spacial score (nSPS) is 12.0. The summed E-state index contributed by atoms with van der Waals surface area (Å²) < 4.78 is 32.2. The molecule has 6 nitrogen and oxygen atoms in total. The number of hydrogen-bond donors (Lipinski definition) is 0. The molecule has 22 heavy (non-hydrogen) atoms. The highest BCUT2D eigenvalue weighted by Crippen LogP contribution is 2.51. The van der Waals surface area contributed by atoms with Crippen molar-refractivity contribution in [1.82, 2.24) is 0 Å². The molecule has 0 atom stereocenters. The molecule has 0 N–H and O–H groups in total. The van der Waals surface area contributed by atoms with Crippen LogP contribution >= 0.6 is 7.82 Å². The number of esters is 1. The Hall–Kier alpha value is -1.62. The Morgan fingerprint density at radius 1 is 1.14 bits per heavy atom. The highest BCUT2D eigenvalue weighted by Gasteiger charge is 2.27. The molecular formula is C15H21O6P. The van der Waals surface area contributed by atoms with Gasteiger partial charge in [-0.15, -0.1) is 0 Å². The van der Waals surface area contributed by atoms with Crippen LogP contribution in [0, 0.1) is 0 Å². The predicted octanol–water partition coefficient (Wildman–Crippen LogP) is 3.83. The van der Waals surface area contributed by atoms with Crippen LogP contribution in [-0.2, 0) is 34.3 Å². The minimum atomic E-state index is -3.68. The molecule has 122 valence electrons. The SMILES string of the molecule is CCOP(=O)(OCC)O/C(C)=C/C(=O)OCc1ccccc1. The van der Waals surface area contributed by atoms with Gasteiger partial charge in [-0.2, -0.15) is 0 Å². The van der Waals surface area contributed by atoms with E-state index in [2.05, 4.69) is 0 Å².